The number of hydrogen-bond donors (Lipinski definition) is 1. The number of nitrogens with two attached hydrogens (primary N) is 1. The average Bonchev–Trinajstić information content (AvgIpc) is 2.38. The summed E-state index contributed by atoms with van der Waals surface area (Å²) in [5.74, 6) is 0.659. The van der Waals surface area contributed by atoms with Crippen molar-refractivity contribution in [1.82, 2.24) is 0 Å². The lowest BCUT2D eigenvalue weighted by Gasteiger charge is -2.20. The minimum Gasteiger partial charge on any atom is -0.375 e. The second kappa shape index (κ2) is 7.33. The molecule has 1 rings (SSSR count). The Kier molecular flexibility index (Phi) is 6.06. The summed E-state index contributed by atoms with van der Waals surface area (Å²) in [5.41, 5.74) is 8.24. The van der Waals surface area contributed by atoms with Gasteiger partial charge in [0.2, 0.25) is 0 Å². The zero-order chi connectivity index (χ0) is 12.7. The van der Waals surface area contributed by atoms with Crippen LogP contribution in [0.25, 0.3) is 0 Å². The zero-order valence-electron chi connectivity index (χ0n) is 11.4. The highest BCUT2D eigenvalue weighted by molar-refractivity contribution is 5.47. The quantitative estimate of drug-likeness (QED) is 0.733. The van der Waals surface area contributed by atoms with E-state index in [-0.39, 0.29) is 0 Å². The summed E-state index contributed by atoms with van der Waals surface area (Å²) in [4.78, 5) is 2.30. The SMILES string of the molecule is CCC(C)c1ccc(N(C)CCCCN)cc1. The lowest BCUT2D eigenvalue weighted by Crippen LogP contribution is -2.19. The fourth-order valence-corrected chi connectivity index (χ4v) is 1.92. The second-order valence-corrected chi connectivity index (χ2v) is 4.82. The predicted octanol–water partition coefficient (Wildman–Crippen LogP) is 3.38. The summed E-state index contributed by atoms with van der Waals surface area (Å²) in [5, 5.41) is 0. The van der Waals surface area contributed by atoms with Crippen molar-refractivity contribution in [1.29, 1.82) is 0 Å². The fourth-order valence-electron chi connectivity index (χ4n) is 1.92. The summed E-state index contributed by atoms with van der Waals surface area (Å²) in [6.07, 6.45) is 3.47. The molecule has 0 fully saturated rings. The molecular weight excluding hydrogens is 208 g/mol. The maximum atomic E-state index is 5.50. The maximum absolute atomic E-state index is 5.50. The summed E-state index contributed by atoms with van der Waals surface area (Å²) >= 11 is 0. The van der Waals surface area contributed by atoms with Gasteiger partial charge in [0.1, 0.15) is 0 Å². The average molecular weight is 234 g/mol. The molecular formula is C15H26N2. The van der Waals surface area contributed by atoms with Crippen molar-refractivity contribution in [2.75, 3.05) is 25.0 Å². The number of unbranched alkanes of at least 4 members (excludes halogenated alkanes) is 1. The van der Waals surface area contributed by atoms with Crippen molar-refractivity contribution in [2.45, 2.75) is 39.0 Å². The lowest BCUT2D eigenvalue weighted by atomic mass is 9.98. The number of rotatable bonds is 7. The van der Waals surface area contributed by atoms with Gasteiger partial charge in [-0.1, -0.05) is 26.0 Å². The van der Waals surface area contributed by atoms with Crippen LogP contribution in [0.15, 0.2) is 24.3 Å². The predicted molar refractivity (Wildman–Crippen MR) is 76.7 cm³/mol. The number of benzene rings is 1. The minimum atomic E-state index is 0.659. The number of anilines is 1. The van der Waals surface area contributed by atoms with Crippen LogP contribution in [0.2, 0.25) is 0 Å². The summed E-state index contributed by atoms with van der Waals surface area (Å²) in [6.45, 7) is 6.39. The summed E-state index contributed by atoms with van der Waals surface area (Å²) < 4.78 is 0. The van der Waals surface area contributed by atoms with Crippen LogP contribution in [0.1, 0.15) is 44.6 Å². The van der Waals surface area contributed by atoms with Crippen molar-refractivity contribution < 1.29 is 0 Å². The van der Waals surface area contributed by atoms with Gasteiger partial charge in [0.05, 0.1) is 0 Å². The lowest BCUT2D eigenvalue weighted by molar-refractivity contribution is 0.724. The fraction of sp³-hybridized carbons (Fsp3) is 0.600. The Morgan fingerprint density at radius 1 is 1.18 bits per heavy atom. The zero-order valence-corrected chi connectivity index (χ0v) is 11.4. The van der Waals surface area contributed by atoms with E-state index in [4.69, 9.17) is 5.73 Å². The molecule has 0 aromatic heterocycles. The molecule has 2 heteroatoms. The molecule has 0 bridgehead atoms. The minimum absolute atomic E-state index is 0.659. The smallest absolute Gasteiger partial charge is 0.0363 e. The van der Waals surface area contributed by atoms with Crippen molar-refractivity contribution in [3.63, 3.8) is 0 Å². The first-order valence-electron chi connectivity index (χ1n) is 6.70. The van der Waals surface area contributed by atoms with Crippen molar-refractivity contribution in [2.24, 2.45) is 5.73 Å². The first-order chi connectivity index (χ1) is 8.19. The first kappa shape index (κ1) is 14.0. The Labute approximate surface area is 106 Å². The molecule has 0 aliphatic carbocycles. The molecule has 1 atom stereocenters. The molecule has 0 spiro atoms. The van der Waals surface area contributed by atoms with Crippen LogP contribution in [0.4, 0.5) is 5.69 Å². The molecule has 0 saturated heterocycles. The van der Waals surface area contributed by atoms with Crippen LogP contribution in [-0.2, 0) is 0 Å². The molecule has 0 heterocycles. The van der Waals surface area contributed by atoms with Gasteiger partial charge in [0.25, 0.3) is 0 Å². The van der Waals surface area contributed by atoms with Crippen LogP contribution < -0.4 is 10.6 Å². The Morgan fingerprint density at radius 2 is 1.82 bits per heavy atom. The molecule has 96 valence electrons. The largest absolute Gasteiger partial charge is 0.375 e. The van der Waals surface area contributed by atoms with Gasteiger partial charge >= 0.3 is 0 Å². The highest BCUT2D eigenvalue weighted by atomic mass is 15.1. The van der Waals surface area contributed by atoms with Crippen molar-refractivity contribution in [3.8, 4) is 0 Å². The van der Waals surface area contributed by atoms with E-state index < -0.39 is 0 Å². The molecule has 0 radical (unpaired) electrons. The van der Waals surface area contributed by atoms with Gasteiger partial charge < -0.3 is 10.6 Å². The van der Waals surface area contributed by atoms with Gasteiger partial charge in [-0.25, -0.2) is 0 Å². The highest BCUT2D eigenvalue weighted by Gasteiger charge is 2.04. The Morgan fingerprint density at radius 3 is 2.35 bits per heavy atom. The Bertz CT molecular complexity index is 305. The maximum Gasteiger partial charge on any atom is 0.0363 e. The molecule has 0 aliphatic rings. The molecule has 2 nitrogen and oxygen atoms in total. The molecule has 2 N–H and O–H groups in total. The monoisotopic (exact) mass is 234 g/mol. The molecule has 0 amide bonds. The molecule has 1 aromatic rings. The second-order valence-electron chi connectivity index (χ2n) is 4.82. The van der Waals surface area contributed by atoms with Gasteiger partial charge in [-0.3, -0.25) is 0 Å². The van der Waals surface area contributed by atoms with E-state index in [1.54, 1.807) is 0 Å². The normalized spacial score (nSPS) is 12.5. The van der Waals surface area contributed by atoms with Crippen LogP contribution in [-0.4, -0.2) is 20.1 Å². The number of nitrogens with zero attached hydrogens (tertiary/aromatic N) is 1. The third kappa shape index (κ3) is 4.39. The van der Waals surface area contributed by atoms with Gasteiger partial charge in [0.15, 0.2) is 0 Å². The van der Waals surface area contributed by atoms with Crippen molar-refractivity contribution >= 4 is 5.69 Å². The van der Waals surface area contributed by atoms with E-state index in [1.807, 2.05) is 0 Å². The van der Waals surface area contributed by atoms with Crippen LogP contribution >= 0.6 is 0 Å². The van der Waals surface area contributed by atoms with Crippen LogP contribution in [0, 0.1) is 0 Å². The Balaban J connectivity index is 2.54. The Hall–Kier alpha value is -1.02. The van der Waals surface area contributed by atoms with Crippen molar-refractivity contribution in [3.05, 3.63) is 29.8 Å². The highest BCUT2D eigenvalue weighted by Crippen LogP contribution is 2.21. The van der Waals surface area contributed by atoms with E-state index in [9.17, 15) is 0 Å². The summed E-state index contributed by atoms with van der Waals surface area (Å²) in [7, 11) is 2.15. The summed E-state index contributed by atoms with van der Waals surface area (Å²) in [6, 6.07) is 8.96. The molecule has 1 aromatic carbocycles. The molecule has 1 unspecified atom stereocenters. The van der Waals surface area contributed by atoms with E-state index in [1.165, 1.54) is 24.1 Å². The van der Waals surface area contributed by atoms with E-state index >= 15 is 0 Å². The molecule has 0 saturated carbocycles. The molecule has 0 aliphatic heterocycles. The van der Waals surface area contributed by atoms with E-state index in [0.29, 0.717) is 5.92 Å². The van der Waals surface area contributed by atoms with Crippen LogP contribution in [0.3, 0.4) is 0 Å². The van der Waals surface area contributed by atoms with E-state index in [2.05, 4.69) is 50.1 Å². The standard InChI is InChI=1S/C15H26N2/c1-4-13(2)14-7-9-15(10-8-14)17(3)12-6-5-11-16/h7-10,13H,4-6,11-12,16H2,1-3H3. The van der Waals surface area contributed by atoms with Gasteiger partial charge in [-0.05, 0) is 49.4 Å². The topological polar surface area (TPSA) is 29.3 Å². The van der Waals surface area contributed by atoms with Crippen LogP contribution in [0.5, 0.6) is 0 Å². The van der Waals surface area contributed by atoms with Gasteiger partial charge in [-0.2, -0.15) is 0 Å². The number of hydrogen-bond acceptors (Lipinski definition) is 2. The van der Waals surface area contributed by atoms with Gasteiger partial charge in [-0.15, -0.1) is 0 Å². The molecule has 17 heavy (non-hydrogen) atoms. The van der Waals surface area contributed by atoms with Gasteiger partial charge in [0, 0.05) is 19.3 Å². The van der Waals surface area contributed by atoms with E-state index in [0.717, 1.165) is 19.5 Å². The third-order valence-electron chi connectivity index (χ3n) is 3.46. The third-order valence-corrected chi connectivity index (χ3v) is 3.46. The first-order valence-corrected chi connectivity index (χ1v) is 6.70.